The van der Waals surface area contributed by atoms with Crippen molar-refractivity contribution in [1.82, 2.24) is 0 Å². The number of aliphatic hydroxyl groups excluding tert-OH is 3. The summed E-state index contributed by atoms with van der Waals surface area (Å²) in [5.41, 5.74) is 0. The van der Waals surface area contributed by atoms with E-state index >= 15 is 0 Å². The summed E-state index contributed by atoms with van der Waals surface area (Å²) in [7, 11) is 1.37. The van der Waals surface area contributed by atoms with Crippen molar-refractivity contribution < 1.29 is 34.3 Å². The SMILES string of the molecule is CO[C@@H]1C(CO)O[C@@H](OCCCCC(C)=O)[C@@H](O)C1O. The molecule has 7 nitrogen and oxygen atoms in total. The maximum absolute atomic E-state index is 10.8. The smallest absolute Gasteiger partial charge is 0.186 e. The Morgan fingerprint density at radius 2 is 1.95 bits per heavy atom. The zero-order valence-corrected chi connectivity index (χ0v) is 11.9. The van der Waals surface area contributed by atoms with E-state index in [2.05, 4.69) is 0 Å². The van der Waals surface area contributed by atoms with E-state index in [1.165, 1.54) is 14.0 Å². The van der Waals surface area contributed by atoms with Gasteiger partial charge in [0, 0.05) is 20.1 Å². The molecule has 0 aromatic heterocycles. The molecule has 0 saturated carbocycles. The van der Waals surface area contributed by atoms with Gasteiger partial charge in [-0.2, -0.15) is 0 Å². The van der Waals surface area contributed by atoms with Gasteiger partial charge >= 0.3 is 0 Å². The van der Waals surface area contributed by atoms with Gasteiger partial charge in [0.05, 0.1) is 6.61 Å². The molecule has 0 aromatic carbocycles. The number of ether oxygens (including phenoxy) is 3. The summed E-state index contributed by atoms with van der Waals surface area (Å²) < 4.78 is 15.7. The molecule has 7 heteroatoms. The molecule has 1 rings (SSSR count). The lowest BCUT2D eigenvalue weighted by atomic mass is 9.99. The van der Waals surface area contributed by atoms with Crippen LogP contribution in [0.4, 0.5) is 0 Å². The third kappa shape index (κ3) is 4.76. The second-order valence-electron chi connectivity index (χ2n) is 4.94. The van der Waals surface area contributed by atoms with Crippen LogP contribution in [0.3, 0.4) is 0 Å². The fraction of sp³-hybridized carbons (Fsp3) is 0.923. The largest absolute Gasteiger partial charge is 0.394 e. The molecule has 118 valence electrons. The number of ketones is 1. The van der Waals surface area contributed by atoms with Gasteiger partial charge in [-0.05, 0) is 19.8 Å². The van der Waals surface area contributed by atoms with Crippen molar-refractivity contribution in [1.29, 1.82) is 0 Å². The molecule has 1 heterocycles. The number of aliphatic hydroxyl groups is 3. The van der Waals surface area contributed by atoms with Crippen molar-refractivity contribution in [3.8, 4) is 0 Å². The number of methoxy groups -OCH3 is 1. The van der Waals surface area contributed by atoms with Gasteiger partial charge in [-0.1, -0.05) is 0 Å². The van der Waals surface area contributed by atoms with Gasteiger partial charge in [0.2, 0.25) is 0 Å². The van der Waals surface area contributed by atoms with E-state index in [0.29, 0.717) is 25.9 Å². The molecule has 1 aliphatic rings. The number of hydrogen-bond acceptors (Lipinski definition) is 7. The number of rotatable bonds is 8. The molecule has 1 saturated heterocycles. The Balaban J connectivity index is 2.39. The van der Waals surface area contributed by atoms with Crippen molar-refractivity contribution in [2.75, 3.05) is 20.3 Å². The summed E-state index contributed by atoms with van der Waals surface area (Å²) in [5.74, 6) is 0.123. The van der Waals surface area contributed by atoms with Crippen LogP contribution < -0.4 is 0 Å². The molecule has 1 aliphatic heterocycles. The summed E-state index contributed by atoms with van der Waals surface area (Å²) >= 11 is 0. The number of carbonyl (C=O) groups excluding carboxylic acids is 1. The maximum atomic E-state index is 10.8. The molecule has 0 bridgehead atoms. The number of hydrogen-bond donors (Lipinski definition) is 3. The average Bonchev–Trinajstić information content (AvgIpc) is 2.42. The van der Waals surface area contributed by atoms with E-state index in [-0.39, 0.29) is 12.4 Å². The monoisotopic (exact) mass is 292 g/mol. The lowest BCUT2D eigenvalue weighted by Gasteiger charge is -2.41. The molecule has 3 N–H and O–H groups in total. The van der Waals surface area contributed by atoms with Gasteiger partial charge < -0.3 is 34.3 Å². The molecule has 0 spiro atoms. The molecular weight excluding hydrogens is 268 g/mol. The number of unbranched alkanes of at least 4 members (excludes halogenated alkanes) is 1. The molecule has 2 unspecified atom stereocenters. The van der Waals surface area contributed by atoms with Gasteiger partial charge in [-0.25, -0.2) is 0 Å². The van der Waals surface area contributed by atoms with Crippen LogP contribution in [0.5, 0.6) is 0 Å². The lowest BCUT2D eigenvalue weighted by molar-refractivity contribution is -0.304. The molecule has 20 heavy (non-hydrogen) atoms. The molecule has 0 radical (unpaired) electrons. The van der Waals surface area contributed by atoms with Gasteiger partial charge in [0.25, 0.3) is 0 Å². The fourth-order valence-corrected chi connectivity index (χ4v) is 2.16. The van der Waals surface area contributed by atoms with E-state index in [0.717, 1.165) is 0 Å². The van der Waals surface area contributed by atoms with Crippen LogP contribution in [0.2, 0.25) is 0 Å². The van der Waals surface area contributed by atoms with Crippen LogP contribution >= 0.6 is 0 Å². The van der Waals surface area contributed by atoms with Crippen molar-refractivity contribution in [2.24, 2.45) is 0 Å². The highest BCUT2D eigenvalue weighted by atomic mass is 16.7. The topological polar surface area (TPSA) is 105 Å². The van der Waals surface area contributed by atoms with E-state index in [1.807, 2.05) is 0 Å². The summed E-state index contributed by atoms with van der Waals surface area (Å²) in [6, 6.07) is 0. The normalized spacial score (nSPS) is 34.1. The van der Waals surface area contributed by atoms with E-state index < -0.39 is 30.7 Å². The highest BCUT2D eigenvalue weighted by Gasteiger charge is 2.44. The van der Waals surface area contributed by atoms with Crippen molar-refractivity contribution in [3.05, 3.63) is 0 Å². The second-order valence-corrected chi connectivity index (χ2v) is 4.94. The molecule has 0 aliphatic carbocycles. The maximum Gasteiger partial charge on any atom is 0.186 e. The van der Waals surface area contributed by atoms with Crippen molar-refractivity contribution in [2.45, 2.75) is 56.9 Å². The minimum absolute atomic E-state index is 0.123. The van der Waals surface area contributed by atoms with Gasteiger partial charge in [-0.3, -0.25) is 0 Å². The van der Waals surface area contributed by atoms with Crippen LogP contribution in [0.1, 0.15) is 26.2 Å². The molecular formula is C13H24O7. The highest BCUT2D eigenvalue weighted by Crippen LogP contribution is 2.24. The second kappa shape index (κ2) is 8.66. The Morgan fingerprint density at radius 1 is 1.25 bits per heavy atom. The summed E-state index contributed by atoms with van der Waals surface area (Å²) in [6.45, 7) is 1.49. The Hall–Kier alpha value is -0.570. The fourth-order valence-electron chi connectivity index (χ4n) is 2.16. The van der Waals surface area contributed by atoms with E-state index in [9.17, 15) is 20.1 Å². The summed E-state index contributed by atoms with van der Waals surface area (Å²) in [6.07, 6.45) is -3.14. The number of carbonyl (C=O) groups is 1. The first kappa shape index (κ1) is 17.5. The molecule has 0 aromatic rings. The van der Waals surface area contributed by atoms with Crippen LogP contribution in [-0.2, 0) is 19.0 Å². The van der Waals surface area contributed by atoms with Gasteiger partial charge in [0.1, 0.15) is 30.2 Å². The Morgan fingerprint density at radius 3 is 2.50 bits per heavy atom. The average molecular weight is 292 g/mol. The molecule has 1 fully saturated rings. The van der Waals surface area contributed by atoms with E-state index in [4.69, 9.17) is 14.2 Å². The quantitative estimate of drug-likeness (QED) is 0.504. The van der Waals surface area contributed by atoms with Crippen molar-refractivity contribution >= 4 is 5.78 Å². The minimum Gasteiger partial charge on any atom is -0.394 e. The standard InChI is InChI=1S/C13H24O7/c1-8(15)5-3-4-6-19-13-11(17)10(16)12(18-2)9(7-14)20-13/h9-14,16-17H,3-7H2,1-2H3/t9?,10?,11-,12+,13+/m0/s1. The first-order chi connectivity index (χ1) is 9.51. The minimum atomic E-state index is -1.24. The van der Waals surface area contributed by atoms with Crippen LogP contribution in [0.15, 0.2) is 0 Å². The third-order valence-corrected chi connectivity index (χ3v) is 3.30. The third-order valence-electron chi connectivity index (χ3n) is 3.30. The zero-order valence-electron chi connectivity index (χ0n) is 11.9. The Kier molecular flexibility index (Phi) is 7.57. The van der Waals surface area contributed by atoms with Crippen LogP contribution in [0.25, 0.3) is 0 Å². The van der Waals surface area contributed by atoms with Crippen LogP contribution in [-0.4, -0.2) is 72.1 Å². The van der Waals surface area contributed by atoms with Crippen molar-refractivity contribution in [3.63, 3.8) is 0 Å². The Bertz CT molecular complexity index is 294. The number of Topliss-reactive ketones (excluding diaryl/α,β-unsaturated/α-hetero) is 1. The van der Waals surface area contributed by atoms with Crippen LogP contribution in [0, 0.1) is 0 Å². The first-order valence-electron chi connectivity index (χ1n) is 6.77. The predicted octanol–water partition coefficient (Wildman–Crippen LogP) is -0.784. The summed E-state index contributed by atoms with van der Waals surface area (Å²) in [4.78, 5) is 10.8. The Labute approximate surface area is 118 Å². The molecule has 0 amide bonds. The highest BCUT2D eigenvalue weighted by molar-refractivity contribution is 5.75. The zero-order chi connectivity index (χ0) is 15.1. The lowest BCUT2D eigenvalue weighted by Crippen LogP contribution is -2.59. The van der Waals surface area contributed by atoms with Gasteiger partial charge in [0.15, 0.2) is 6.29 Å². The first-order valence-corrected chi connectivity index (χ1v) is 6.77. The van der Waals surface area contributed by atoms with Gasteiger partial charge in [-0.15, -0.1) is 0 Å². The molecule has 5 atom stereocenters. The summed E-state index contributed by atoms with van der Waals surface area (Å²) in [5, 5.41) is 29.0. The predicted molar refractivity (Wildman–Crippen MR) is 69.0 cm³/mol. The van der Waals surface area contributed by atoms with E-state index in [1.54, 1.807) is 0 Å².